The number of carbonyl (C=O) groups excluding carboxylic acids is 1. The normalized spacial score (nSPS) is 10.4. The zero-order valence-electron chi connectivity index (χ0n) is 10.4. The first-order chi connectivity index (χ1) is 9.15. The molecule has 19 heavy (non-hydrogen) atoms. The number of hydrogen-bond acceptors (Lipinski definition) is 3. The summed E-state index contributed by atoms with van der Waals surface area (Å²) in [4.78, 5) is 12.8. The Morgan fingerprint density at radius 3 is 2.74 bits per heavy atom. The topological polar surface area (TPSA) is 55.1 Å². The van der Waals surface area contributed by atoms with Crippen LogP contribution in [0.25, 0.3) is 0 Å². The maximum Gasteiger partial charge on any atom is 0.220 e. The van der Waals surface area contributed by atoms with Gasteiger partial charge in [0.2, 0.25) is 5.91 Å². The van der Waals surface area contributed by atoms with Gasteiger partial charge in [-0.25, -0.2) is 0 Å². The number of halogens is 1. The molecule has 1 heterocycles. The number of para-hydroxylation sites is 1. The lowest BCUT2D eigenvalue weighted by Crippen LogP contribution is -2.22. The van der Waals surface area contributed by atoms with E-state index in [4.69, 9.17) is 17.3 Å². The second-order valence-electron chi connectivity index (χ2n) is 4.18. The molecule has 0 bridgehead atoms. The molecule has 2 rings (SSSR count). The van der Waals surface area contributed by atoms with E-state index in [1.807, 2.05) is 36.4 Å². The number of aryl methyl sites for hydroxylation is 1. The van der Waals surface area contributed by atoms with Crippen molar-refractivity contribution in [2.45, 2.75) is 19.4 Å². The molecule has 1 amide bonds. The Morgan fingerprint density at radius 1 is 1.26 bits per heavy atom. The van der Waals surface area contributed by atoms with Crippen LogP contribution in [0.5, 0.6) is 0 Å². The summed E-state index contributed by atoms with van der Waals surface area (Å²) < 4.78 is 0.737. The molecule has 3 nitrogen and oxygen atoms in total. The Morgan fingerprint density at radius 2 is 2.05 bits per heavy atom. The fourth-order valence-corrected chi connectivity index (χ4v) is 2.76. The van der Waals surface area contributed by atoms with Gasteiger partial charge in [0, 0.05) is 17.0 Å². The van der Waals surface area contributed by atoms with Gasteiger partial charge in [-0.3, -0.25) is 4.79 Å². The molecule has 0 aliphatic carbocycles. The Bertz CT molecular complexity index is 568. The highest BCUT2D eigenvalue weighted by atomic mass is 35.5. The number of benzene rings is 1. The fourth-order valence-electron chi connectivity index (χ4n) is 1.73. The number of nitrogen functional groups attached to an aromatic ring is 1. The van der Waals surface area contributed by atoms with E-state index in [1.54, 1.807) is 0 Å². The molecule has 5 heteroatoms. The SMILES string of the molecule is Nc1ccccc1CCC(=O)NCc1ccc(Cl)s1. The van der Waals surface area contributed by atoms with E-state index in [2.05, 4.69) is 5.32 Å². The lowest BCUT2D eigenvalue weighted by atomic mass is 10.1. The first-order valence-electron chi connectivity index (χ1n) is 5.99. The van der Waals surface area contributed by atoms with Crippen LogP contribution >= 0.6 is 22.9 Å². The van der Waals surface area contributed by atoms with E-state index in [1.165, 1.54) is 11.3 Å². The van der Waals surface area contributed by atoms with Crippen LogP contribution in [0.4, 0.5) is 5.69 Å². The fraction of sp³-hybridized carbons (Fsp3) is 0.214. The van der Waals surface area contributed by atoms with Crippen molar-refractivity contribution in [1.29, 1.82) is 0 Å². The van der Waals surface area contributed by atoms with Crippen LogP contribution in [0, 0.1) is 0 Å². The quantitative estimate of drug-likeness (QED) is 0.832. The first-order valence-corrected chi connectivity index (χ1v) is 7.19. The molecular weight excluding hydrogens is 280 g/mol. The van der Waals surface area contributed by atoms with Gasteiger partial charge in [0.15, 0.2) is 0 Å². The molecule has 0 radical (unpaired) electrons. The highest BCUT2D eigenvalue weighted by Crippen LogP contribution is 2.21. The monoisotopic (exact) mass is 294 g/mol. The number of nitrogens with one attached hydrogen (secondary N) is 1. The van der Waals surface area contributed by atoms with E-state index in [0.29, 0.717) is 19.4 Å². The van der Waals surface area contributed by atoms with Crippen LogP contribution in [0.2, 0.25) is 4.34 Å². The summed E-state index contributed by atoms with van der Waals surface area (Å²) in [6.45, 7) is 0.528. The molecule has 100 valence electrons. The molecule has 0 aliphatic rings. The minimum absolute atomic E-state index is 0.0211. The maximum absolute atomic E-state index is 11.7. The highest BCUT2D eigenvalue weighted by Gasteiger charge is 2.05. The molecule has 0 spiro atoms. The third-order valence-corrected chi connectivity index (χ3v) is 4.00. The van der Waals surface area contributed by atoms with Gasteiger partial charge in [0.25, 0.3) is 0 Å². The molecular formula is C14H15ClN2OS. The Labute approximate surface area is 121 Å². The van der Waals surface area contributed by atoms with Crippen molar-refractivity contribution in [2.75, 3.05) is 5.73 Å². The zero-order valence-corrected chi connectivity index (χ0v) is 11.9. The van der Waals surface area contributed by atoms with Crippen molar-refractivity contribution >= 4 is 34.5 Å². The maximum atomic E-state index is 11.7. The van der Waals surface area contributed by atoms with E-state index < -0.39 is 0 Å². The van der Waals surface area contributed by atoms with Gasteiger partial charge in [-0.15, -0.1) is 11.3 Å². The van der Waals surface area contributed by atoms with Gasteiger partial charge in [0.05, 0.1) is 10.9 Å². The summed E-state index contributed by atoms with van der Waals surface area (Å²) in [6.07, 6.45) is 1.09. The van der Waals surface area contributed by atoms with Crippen LogP contribution in [-0.2, 0) is 17.8 Å². The lowest BCUT2D eigenvalue weighted by Gasteiger charge is -2.06. The second kappa shape index (κ2) is 6.59. The summed E-state index contributed by atoms with van der Waals surface area (Å²) in [5.74, 6) is 0.0211. The zero-order chi connectivity index (χ0) is 13.7. The number of amides is 1. The van der Waals surface area contributed by atoms with Crippen molar-refractivity contribution in [3.63, 3.8) is 0 Å². The smallest absolute Gasteiger partial charge is 0.220 e. The molecule has 0 fully saturated rings. The number of rotatable bonds is 5. The average molecular weight is 295 g/mol. The summed E-state index contributed by atoms with van der Waals surface area (Å²) in [5.41, 5.74) is 7.58. The van der Waals surface area contributed by atoms with Crippen molar-refractivity contribution in [3.05, 3.63) is 51.2 Å². The van der Waals surface area contributed by atoms with Crippen LogP contribution in [0.3, 0.4) is 0 Å². The molecule has 3 N–H and O–H groups in total. The van der Waals surface area contributed by atoms with Crippen molar-refractivity contribution in [2.24, 2.45) is 0 Å². The number of hydrogen-bond donors (Lipinski definition) is 2. The molecule has 1 aromatic heterocycles. The second-order valence-corrected chi connectivity index (χ2v) is 5.98. The van der Waals surface area contributed by atoms with E-state index in [-0.39, 0.29) is 5.91 Å². The molecule has 0 saturated carbocycles. The third kappa shape index (κ3) is 4.26. The van der Waals surface area contributed by atoms with Gasteiger partial charge in [-0.2, -0.15) is 0 Å². The number of carbonyl (C=O) groups is 1. The predicted octanol–water partition coefficient (Wildman–Crippen LogP) is 3.23. The molecule has 2 aromatic rings. The highest BCUT2D eigenvalue weighted by molar-refractivity contribution is 7.16. The number of nitrogens with two attached hydrogens (primary N) is 1. The van der Waals surface area contributed by atoms with Gasteiger partial charge < -0.3 is 11.1 Å². The Kier molecular flexibility index (Phi) is 4.82. The van der Waals surface area contributed by atoms with Gasteiger partial charge in [0.1, 0.15) is 0 Å². The summed E-state index contributed by atoms with van der Waals surface area (Å²) >= 11 is 7.30. The number of anilines is 1. The molecule has 0 unspecified atom stereocenters. The third-order valence-electron chi connectivity index (χ3n) is 2.77. The standard InChI is InChI=1S/C14H15ClN2OS/c15-13-7-6-11(19-13)9-17-14(18)8-5-10-3-1-2-4-12(10)16/h1-4,6-7H,5,8-9,16H2,(H,17,18). The van der Waals surface area contributed by atoms with Gasteiger partial charge >= 0.3 is 0 Å². The number of thiophene rings is 1. The van der Waals surface area contributed by atoms with Crippen LogP contribution in [0.15, 0.2) is 36.4 Å². The van der Waals surface area contributed by atoms with E-state index in [0.717, 1.165) is 20.5 Å². The van der Waals surface area contributed by atoms with Crippen molar-refractivity contribution in [1.82, 2.24) is 5.32 Å². The summed E-state index contributed by atoms with van der Waals surface area (Å²) in [5, 5.41) is 2.87. The van der Waals surface area contributed by atoms with Crippen molar-refractivity contribution < 1.29 is 4.79 Å². The van der Waals surface area contributed by atoms with E-state index >= 15 is 0 Å². The average Bonchev–Trinajstić information content (AvgIpc) is 2.81. The predicted molar refractivity (Wildman–Crippen MR) is 80.4 cm³/mol. The van der Waals surface area contributed by atoms with Gasteiger partial charge in [-0.1, -0.05) is 29.8 Å². The first kappa shape index (κ1) is 13.9. The Hall–Kier alpha value is -1.52. The van der Waals surface area contributed by atoms with Crippen LogP contribution < -0.4 is 11.1 Å². The minimum Gasteiger partial charge on any atom is -0.399 e. The van der Waals surface area contributed by atoms with Gasteiger partial charge in [-0.05, 0) is 30.2 Å². The van der Waals surface area contributed by atoms with Crippen LogP contribution in [-0.4, -0.2) is 5.91 Å². The Balaban J connectivity index is 1.77. The molecule has 0 atom stereocenters. The largest absolute Gasteiger partial charge is 0.399 e. The van der Waals surface area contributed by atoms with E-state index in [9.17, 15) is 4.79 Å². The minimum atomic E-state index is 0.0211. The molecule has 0 aliphatic heterocycles. The van der Waals surface area contributed by atoms with Crippen LogP contribution in [0.1, 0.15) is 16.9 Å². The molecule has 0 saturated heterocycles. The lowest BCUT2D eigenvalue weighted by molar-refractivity contribution is -0.121. The van der Waals surface area contributed by atoms with Crippen molar-refractivity contribution in [3.8, 4) is 0 Å². The summed E-state index contributed by atoms with van der Waals surface area (Å²) in [6, 6.07) is 11.4. The summed E-state index contributed by atoms with van der Waals surface area (Å²) in [7, 11) is 0. The molecule has 1 aromatic carbocycles.